The molecule has 8 nitrogen and oxygen atoms in total. The minimum atomic E-state index is -2.10. The highest BCUT2D eigenvalue weighted by Crippen LogP contribution is 2.30. The number of primary amides is 1. The highest BCUT2D eigenvalue weighted by atomic mass is 32.1. The van der Waals surface area contributed by atoms with Gasteiger partial charge in [0, 0.05) is 24.6 Å². The van der Waals surface area contributed by atoms with Crippen LogP contribution in [0.15, 0.2) is 28.8 Å². The highest BCUT2D eigenvalue weighted by molar-refractivity contribution is 7.11. The van der Waals surface area contributed by atoms with Crippen molar-refractivity contribution in [1.82, 2.24) is 10.3 Å². The largest absolute Gasteiger partial charge is 0.488 e. The van der Waals surface area contributed by atoms with E-state index in [0.29, 0.717) is 28.2 Å². The van der Waals surface area contributed by atoms with Crippen LogP contribution in [0.4, 0.5) is 0 Å². The normalized spacial score (nSPS) is 20.3. The van der Waals surface area contributed by atoms with Crippen molar-refractivity contribution in [2.75, 3.05) is 13.2 Å². The number of aryl methyl sites for hydroxylation is 2. The van der Waals surface area contributed by atoms with E-state index in [9.17, 15) is 9.59 Å². The number of furan rings is 1. The van der Waals surface area contributed by atoms with Gasteiger partial charge in [-0.1, -0.05) is 0 Å². The first-order valence-electron chi connectivity index (χ1n) is 9.96. The van der Waals surface area contributed by atoms with E-state index in [1.807, 2.05) is 0 Å². The SMILES string of the molecule is [2H]C([2H])(Oc1ccc2oc(C)c(C(=O)NC3(C(N)=O)CCOC3)c2c1)c1cnc(C)s1. The Morgan fingerprint density at radius 2 is 2.28 bits per heavy atom. The smallest absolute Gasteiger partial charge is 0.256 e. The molecule has 1 saturated heterocycles. The number of carbonyl (C=O) groups excluding carboxylic acids is 2. The van der Waals surface area contributed by atoms with Crippen molar-refractivity contribution in [3.63, 3.8) is 0 Å². The first-order valence-corrected chi connectivity index (χ1v) is 9.78. The molecule has 9 heteroatoms. The molecule has 1 fully saturated rings. The second-order valence-corrected chi connectivity index (χ2v) is 8.08. The third-order valence-electron chi connectivity index (χ3n) is 4.80. The lowest BCUT2D eigenvalue weighted by Gasteiger charge is -2.24. The topological polar surface area (TPSA) is 117 Å². The average molecular weight is 417 g/mol. The van der Waals surface area contributed by atoms with Crippen LogP contribution in [0.2, 0.25) is 0 Å². The van der Waals surface area contributed by atoms with E-state index in [1.54, 1.807) is 26.0 Å². The summed E-state index contributed by atoms with van der Waals surface area (Å²) < 4.78 is 33.0. The third-order valence-corrected chi connectivity index (χ3v) is 5.61. The zero-order chi connectivity index (χ0) is 22.4. The molecule has 2 aromatic heterocycles. The molecule has 1 aliphatic heterocycles. The molecule has 0 aliphatic carbocycles. The molecule has 4 rings (SSSR count). The molecule has 152 valence electrons. The maximum absolute atomic E-state index is 13.1. The summed E-state index contributed by atoms with van der Waals surface area (Å²) in [7, 11) is 0. The minimum Gasteiger partial charge on any atom is -0.488 e. The molecule has 3 N–H and O–H groups in total. The third kappa shape index (κ3) is 3.70. The summed E-state index contributed by atoms with van der Waals surface area (Å²) in [5.74, 6) is -0.629. The molecule has 0 spiro atoms. The molecule has 29 heavy (non-hydrogen) atoms. The number of hydrogen-bond donors (Lipinski definition) is 2. The number of hydrogen-bond acceptors (Lipinski definition) is 7. The predicted molar refractivity (Wildman–Crippen MR) is 107 cm³/mol. The van der Waals surface area contributed by atoms with Crippen LogP contribution < -0.4 is 15.8 Å². The molecule has 0 bridgehead atoms. The van der Waals surface area contributed by atoms with Crippen molar-refractivity contribution < 1.29 is 26.2 Å². The van der Waals surface area contributed by atoms with Gasteiger partial charge in [-0.3, -0.25) is 9.59 Å². The fourth-order valence-electron chi connectivity index (χ4n) is 3.26. The van der Waals surface area contributed by atoms with E-state index in [1.165, 1.54) is 23.6 Å². The van der Waals surface area contributed by atoms with Crippen LogP contribution in [0.25, 0.3) is 11.0 Å². The summed E-state index contributed by atoms with van der Waals surface area (Å²) in [4.78, 5) is 29.4. The Labute approximate surface area is 173 Å². The fourth-order valence-corrected chi connectivity index (χ4v) is 3.87. The molecule has 2 amide bonds. The van der Waals surface area contributed by atoms with Crippen LogP contribution in [0.5, 0.6) is 5.75 Å². The Bertz CT molecular complexity index is 1170. The van der Waals surface area contributed by atoms with Gasteiger partial charge in [0.15, 0.2) is 0 Å². The Morgan fingerprint density at radius 1 is 1.45 bits per heavy atom. The van der Waals surface area contributed by atoms with Gasteiger partial charge in [0.05, 0.1) is 24.8 Å². The van der Waals surface area contributed by atoms with Crippen molar-refractivity contribution in [2.45, 2.75) is 32.4 Å². The molecule has 1 aromatic carbocycles. The van der Waals surface area contributed by atoms with Gasteiger partial charge in [0.2, 0.25) is 5.91 Å². The van der Waals surface area contributed by atoms with Crippen LogP contribution >= 0.6 is 11.3 Å². The summed E-state index contributed by atoms with van der Waals surface area (Å²) in [6.07, 6.45) is 1.72. The van der Waals surface area contributed by atoms with E-state index < -0.39 is 23.9 Å². The van der Waals surface area contributed by atoms with Gasteiger partial charge in [0.1, 0.15) is 29.2 Å². The number of ether oxygens (including phenoxy) is 2. The lowest BCUT2D eigenvalue weighted by Crippen LogP contribution is -2.58. The highest BCUT2D eigenvalue weighted by Gasteiger charge is 2.43. The van der Waals surface area contributed by atoms with Gasteiger partial charge >= 0.3 is 0 Å². The first kappa shape index (κ1) is 17.0. The van der Waals surface area contributed by atoms with Gasteiger partial charge in [-0.2, -0.15) is 0 Å². The number of nitrogens with one attached hydrogen (secondary N) is 1. The van der Waals surface area contributed by atoms with E-state index in [4.69, 9.17) is 22.4 Å². The average Bonchev–Trinajstić information content (AvgIpc) is 3.40. The molecular weight excluding hydrogens is 394 g/mol. The summed E-state index contributed by atoms with van der Waals surface area (Å²) in [6, 6.07) is 4.70. The number of benzene rings is 1. The molecule has 1 atom stereocenters. The van der Waals surface area contributed by atoms with E-state index in [0.717, 1.165) is 5.01 Å². The number of nitrogens with two attached hydrogens (primary N) is 1. The standard InChI is InChI=1S/C20H21N3O5S/c1-11-17(18(24)23-20(19(21)25)5-6-26-10-20)15-7-13(3-4-16(15)28-11)27-9-14-8-22-12(2)29-14/h3-4,7-8H,5-6,9-10H2,1-2H3,(H2,21,25)(H,23,24)/i9D2. The summed E-state index contributed by atoms with van der Waals surface area (Å²) in [5.41, 5.74) is 4.89. The van der Waals surface area contributed by atoms with E-state index in [2.05, 4.69) is 10.3 Å². The maximum Gasteiger partial charge on any atom is 0.256 e. The van der Waals surface area contributed by atoms with E-state index >= 15 is 0 Å². The second-order valence-electron chi connectivity index (χ2n) is 6.84. The van der Waals surface area contributed by atoms with Gasteiger partial charge in [-0.25, -0.2) is 4.98 Å². The van der Waals surface area contributed by atoms with Crippen LogP contribution in [-0.4, -0.2) is 35.6 Å². The Kier molecular flexibility index (Phi) is 4.39. The first-order chi connectivity index (χ1) is 14.6. The summed E-state index contributed by atoms with van der Waals surface area (Å²) in [5, 5.41) is 3.86. The molecule has 0 saturated carbocycles. The Hall–Kier alpha value is -2.91. The number of rotatable bonds is 6. The molecule has 3 aromatic rings. The zero-order valence-electron chi connectivity index (χ0n) is 17.9. The van der Waals surface area contributed by atoms with Gasteiger partial charge in [-0.05, 0) is 32.0 Å². The summed E-state index contributed by atoms with van der Waals surface area (Å²) >= 11 is 1.20. The van der Waals surface area contributed by atoms with Crippen LogP contribution in [-0.2, 0) is 16.1 Å². The number of amides is 2. The maximum atomic E-state index is 13.1. The lowest BCUT2D eigenvalue weighted by molar-refractivity contribution is -0.124. The monoisotopic (exact) mass is 417 g/mol. The van der Waals surface area contributed by atoms with Gasteiger partial charge in [-0.15, -0.1) is 11.3 Å². The Morgan fingerprint density at radius 3 is 2.93 bits per heavy atom. The van der Waals surface area contributed by atoms with E-state index in [-0.39, 0.29) is 24.3 Å². The number of fused-ring (bicyclic) bond motifs is 1. The van der Waals surface area contributed by atoms with Crippen LogP contribution in [0.1, 0.15) is 35.2 Å². The number of aromatic nitrogens is 1. The van der Waals surface area contributed by atoms with Crippen molar-refractivity contribution >= 4 is 34.1 Å². The lowest BCUT2D eigenvalue weighted by atomic mass is 9.97. The molecule has 1 unspecified atom stereocenters. The zero-order valence-corrected chi connectivity index (χ0v) is 16.7. The summed E-state index contributed by atoms with van der Waals surface area (Å²) in [6.45, 7) is 1.64. The second kappa shape index (κ2) is 7.49. The van der Waals surface area contributed by atoms with Gasteiger partial charge in [0.25, 0.3) is 5.91 Å². The quantitative estimate of drug-likeness (QED) is 0.636. The van der Waals surface area contributed by atoms with Crippen LogP contribution in [0, 0.1) is 13.8 Å². The number of thiazole rings is 1. The fraction of sp³-hybridized carbons (Fsp3) is 0.350. The molecular formula is C20H21N3O5S. The molecule has 1 aliphatic rings. The van der Waals surface area contributed by atoms with Crippen molar-refractivity contribution in [2.24, 2.45) is 5.73 Å². The van der Waals surface area contributed by atoms with Crippen LogP contribution in [0.3, 0.4) is 0 Å². The van der Waals surface area contributed by atoms with Crippen molar-refractivity contribution in [1.29, 1.82) is 0 Å². The van der Waals surface area contributed by atoms with Gasteiger partial charge < -0.3 is 24.9 Å². The van der Waals surface area contributed by atoms with Crippen molar-refractivity contribution in [3.8, 4) is 5.75 Å². The predicted octanol–water partition coefficient (Wildman–Crippen LogP) is 2.46. The number of carbonyl (C=O) groups is 2. The molecule has 0 radical (unpaired) electrons. The van der Waals surface area contributed by atoms with Crippen molar-refractivity contribution in [3.05, 3.63) is 45.6 Å². The number of nitrogens with zero attached hydrogens (tertiary/aromatic N) is 1. The molecule has 3 heterocycles. The Balaban J connectivity index is 1.66. The minimum absolute atomic E-state index is 0.00569.